The third-order valence-corrected chi connectivity index (χ3v) is 10.0. The van der Waals surface area contributed by atoms with Gasteiger partial charge in [-0.3, -0.25) is 23.4 Å². The Hall–Kier alpha value is -2.56. The number of carbonyl (C=O) groups is 3. The van der Waals surface area contributed by atoms with E-state index in [4.69, 9.17) is 24.8 Å². The molecule has 0 amide bonds. The molecule has 0 rings (SSSR count). The fourth-order valence-electron chi connectivity index (χ4n) is 5.59. The maximum atomic E-state index is 12.6. The molecule has 0 spiro atoms. The van der Waals surface area contributed by atoms with Gasteiger partial charge in [0.2, 0.25) is 0 Å². The highest BCUT2D eigenvalue weighted by Gasteiger charge is 2.28. The standard InChI is InChI=1S/C44H78NO10P/c1-3-5-7-9-11-13-15-17-19-20-22-23-25-27-29-31-33-35-42(46)52-37-40(38-53-56(50,51)54-39-41(45)44(48)49)55-43(47)36-34-32-30-28-26-24-21-18-16-14-12-10-8-6-4-2/h11,13,17,19,22-24,26,40-41H,3-10,12,14-16,18,20-21,25,27-39,45H2,1-2H3,(H,48,49)(H,50,51)/b13-11+,19-17+,23-22+,26-24+/t40-,41+/m1/s1. The summed E-state index contributed by atoms with van der Waals surface area (Å²) in [6.07, 6.45) is 43.2. The lowest BCUT2D eigenvalue weighted by Crippen LogP contribution is -2.34. The summed E-state index contributed by atoms with van der Waals surface area (Å²) < 4.78 is 32.6. The van der Waals surface area contributed by atoms with Crippen molar-refractivity contribution in [3.63, 3.8) is 0 Å². The second kappa shape index (κ2) is 39.3. The first-order chi connectivity index (χ1) is 27.1. The topological polar surface area (TPSA) is 172 Å². The molecule has 0 aromatic carbocycles. The third-order valence-electron chi connectivity index (χ3n) is 9.05. The molecule has 0 saturated carbocycles. The van der Waals surface area contributed by atoms with E-state index < -0.39 is 51.1 Å². The number of ether oxygens (including phenoxy) is 2. The molecule has 0 fully saturated rings. The molecule has 0 aliphatic heterocycles. The number of carbonyl (C=O) groups excluding carboxylic acids is 2. The van der Waals surface area contributed by atoms with Crippen LogP contribution >= 0.6 is 7.82 Å². The molecule has 11 nitrogen and oxygen atoms in total. The number of aliphatic carboxylic acids is 1. The fraction of sp³-hybridized carbons (Fsp3) is 0.750. The highest BCUT2D eigenvalue weighted by atomic mass is 31.2. The first kappa shape index (κ1) is 53.4. The first-order valence-electron chi connectivity index (χ1n) is 21.7. The Morgan fingerprint density at radius 2 is 0.946 bits per heavy atom. The normalized spacial score (nSPS) is 14.2. The average Bonchev–Trinajstić information content (AvgIpc) is 3.17. The van der Waals surface area contributed by atoms with Crippen molar-refractivity contribution in [3.05, 3.63) is 48.6 Å². The Kier molecular flexibility index (Phi) is 37.5. The minimum Gasteiger partial charge on any atom is -0.480 e. The Bertz CT molecular complexity index is 1140. The van der Waals surface area contributed by atoms with Crippen LogP contribution in [0.5, 0.6) is 0 Å². The fourth-order valence-corrected chi connectivity index (χ4v) is 6.37. The van der Waals surface area contributed by atoms with Crippen molar-refractivity contribution in [2.75, 3.05) is 19.8 Å². The number of allylic oxidation sites excluding steroid dienone is 8. The van der Waals surface area contributed by atoms with Gasteiger partial charge in [0, 0.05) is 12.8 Å². The number of carboxylic acids is 1. The van der Waals surface area contributed by atoms with Gasteiger partial charge in [-0.15, -0.1) is 0 Å². The number of unbranched alkanes of at least 4 members (excludes halogenated alkanes) is 18. The predicted octanol–water partition coefficient (Wildman–Crippen LogP) is 11.4. The van der Waals surface area contributed by atoms with Crippen LogP contribution in [0.3, 0.4) is 0 Å². The maximum absolute atomic E-state index is 12.6. The number of nitrogens with two attached hydrogens (primary N) is 1. The predicted molar refractivity (Wildman–Crippen MR) is 226 cm³/mol. The Morgan fingerprint density at radius 3 is 1.48 bits per heavy atom. The molecular weight excluding hydrogens is 733 g/mol. The van der Waals surface area contributed by atoms with Gasteiger partial charge in [0.1, 0.15) is 12.6 Å². The highest BCUT2D eigenvalue weighted by Crippen LogP contribution is 2.43. The third kappa shape index (κ3) is 38.3. The summed E-state index contributed by atoms with van der Waals surface area (Å²) >= 11 is 0. The van der Waals surface area contributed by atoms with Gasteiger partial charge in [-0.05, 0) is 77.0 Å². The van der Waals surface area contributed by atoms with E-state index in [-0.39, 0.29) is 19.4 Å². The SMILES string of the molecule is CCCCC/C=C/C/C=C/C/C=C/CCCCCCC(=O)OC[C@H](COP(=O)(O)OC[C@H](N)C(=O)O)OC(=O)CCCCC/C=C/CCCCCCCCCC. The summed E-state index contributed by atoms with van der Waals surface area (Å²) in [6, 6.07) is -1.53. The molecular formula is C44H78NO10P. The average molecular weight is 812 g/mol. The molecule has 0 aliphatic rings. The summed E-state index contributed by atoms with van der Waals surface area (Å²) in [5.74, 6) is -2.43. The molecule has 12 heteroatoms. The van der Waals surface area contributed by atoms with Crippen molar-refractivity contribution >= 4 is 25.7 Å². The lowest BCUT2D eigenvalue weighted by molar-refractivity contribution is -0.161. The Labute approximate surface area is 339 Å². The van der Waals surface area contributed by atoms with E-state index in [1.165, 1.54) is 70.6 Å². The van der Waals surface area contributed by atoms with Crippen molar-refractivity contribution in [2.45, 2.75) is 193 Å². The van der Waals surface area contributed by atoms with Crippen molar-refractivity contribution in [3.8, 4) is 0 Å². The molecule has 324 valence electrons. The Morgan fingerprint density at radius 1 is 0.554 bits per heavy atom. The molecule has 0 heterocycles. The van der Waals surface area contributed by atoms with Gasteiger partial charge in [-0.25, -0.2) is 4.57 Å². The summed E-state index contributed by atoms with van der Waals surface area (Å²) in [6.45, 7) is 2.73. The second-order valence-corrected chi connectivity index (χ2v) is 15.9. The molecule has 4 N–H and O–H groups in total. The van der Waals surface area contributed by atoms with E-state index >= 15 is 0 Å². The van der Waals surface area contributed by atoms with E-state index in [1.54, 1.807) is 0 Å². The monoisotopic (exact) mass is 812 g/mol. The molecule has 0 saturated heterocycles. The van der Waals surface area contributed by atoms with E-state index in [0.717, 1.165) is 70.6 Å². The van der Waals surface area contributed by atoms with Gasteiger partial charge in [0.15, 0.2) is 6.10 Å². The molecule has 0 bridgehead atoms. The smallest absolute Gasteiger partial charge is 0.472 e. The largest absolute Gasteiger partial charge is 0.480 e. The van der Waals surface area contributed by atoms with Crippen LogP contribution in [0.25, 0.3) is 0 Å². The summed E-state index contributed by atoms with van der Waals surface area (Å²) in [5, 5.41) is 8.88. The van der Waals surface area contributed by atoms with Crippen LogP contribution in [0.4, 0.5) is 0 Å². The van der Waals surface area contributed by atoms with Crippen LogP contribution in [-0.4, -0.2) is 59.9 Å². The summed E-state index contributed by atoms with van der Waals surface area (Å²) in [5.41, 5.74) is 5.33. The van der Waals surface area contributed by atoms with Crippen LogP contribution in [0.15, 0.2) is 48.6 Å². The van der Waals surface area contributed by atoms with Crippen molar-refractivity contribution in [2.24, 2.45) is 5.73 Å². The molecule has 0 aliphatic carbocycles. The zero-order valence-electron chi connectivity index (χ0n) is 35.0. The quantitative estimate of drug-likeness (QED) is 0.0233. The highest BCUT2D eigenvalue weighted by molar-refractivity contribution is 7.47. The van der Waals surface area contributed by atoms with Crippen LogP contribution in [0.2, 0.25) is 0 Å². The first-order valence-corrected chi connectivity index (χ1v) is 23.2. The van der Waals surface area contributed by atoms with Gasteiger partial charge in [-0.2, -0.15) is 0 Å². The number of hydrogen-bond acceptors (Lipinski definition) is 9. The zero-order valence-corrected chi connectivity index (χ0v) is 35.9. The van der Waals surface area contributed by atoms with Crippen molar-refractivity contribution in [1.82, 2.24) is 0 Å². The van der Waals surface area contributed by atoms with E-state index in [1.807, 2.05) is 0 Å². The molecule has 1 unspecified atom stereocenters. The summed E-state index contributed by atoms with van der Waals surface area (Å²) in [4.78, 5) is 45.9. The van der Waals surface area contributed by atoms with Crippen LogP contribution in [0, 0.1) is 0 Å². The maximum Gasteiger partial charge on any atom is 0.472 e. The number of carboxylic acid groups (broad SMARTS) is 1. The molecule has 0 aromatic heterocycles. The molecule has 3 atom stereocenters. The number of phosphoric acid groups is 1. The van der Waals surface area contributed by atoms with Gasteiger partial charge >= 0.3 is 25.7 Å². The molecule has 0 aromatic rings. The number of esters is 2. The number of hydrogen-bond donors (Lipinski definition) is 3. The lowest BCUT2D eigenvalue weighted by atomic mass is 10.1. The molecule has 56 heavy (non-hydrogen) atoms. The van der Waals surface area contributed by atoms with Crippen LogP contribution in [0.1, 0.15) is 181 Å². The second-order valence-electron chi connectivity index (χ2n) is 14.5. The number of phosphoric ester groups is 1. The minimum atomic E-state index is -4.72. The zero-order chi connectivity index (χ0) is 41.4. The summed E-state index contributed by atoms with van der Waals surface area (Å²) in [7, 11) is -4.72. The van der Waals surface area contributed by atoms with Crippen molar-refractivity contribution in [1.29, 1.82) is 0 Å². The van der Waals surface area contributed by atoms with Gasteiger partial charge < -0.3 is 25.2 Å². The van der Waals surface area contributed by atoms with Gasteiger partial charge in [0.25, 0.3) is 0 Å². The minimum absolute atomic E-state index is 0.135. The van der Waals surface area contributed by atoms with Crippen LogP contribution < -0.4 is 5.73 Å². The molecule has 0 radical (unpaired) electrons. The van der Waals surface area contributed by atoms with E-state index in [9.17, 15) is 23.8 Å². The number of rotatable bonds is 40. The van der Waals surface area contributed by atoms with E-state index in [0.29, 0.717) is 12.8 Å². The van der Waals surface area contributed by atoms with Gasteiger partial charge in [-0.1, -0.05) is 140 Å². The Balaban J connectivity index is 4.44. The van der Waals surface area contributed by atoms with Crippen LogP contribution in [-0.2, 0) is 37.5 Å². The van der Waals surface area contributed by atoms with Gasteiger partial charge in [0.05, 0.1) is 13.2 Å². The van der Waals surface area contributed by atoms with E-state index in [2.05, 4.69) is 67.0 Å². The van der Waals surface area contributed by atoms with Crippen molar-refractivity contribution < 1.29 is 47.5 Å². The lowest BCUT2D eigenvalue weighted by Gasteiger charge is -2.20.